The van der Waals surface area contributed by atoms with Crippen LogP contribution < -0.4 is 5.56 Å². The Morgan fingerprint density at radius 2 is 2.00 bits per heavy atom. The third kappa shape index (κ3) is 2.41. The lowest BCUT2D eigenvalue weighted by Crippen LogP contribution is -2.41. The van der Waals surface area contributed by atoms with Gasteiger partial charge in [0.05, 0.1) is 5.69 Å². The molecule has 2 aromatic rings. The van der Waals surface area contributed by atoms with Crippen LogP contribution in [-0.4, -0.2) is 35.2 Å². The van der Waals surface area contributed by atoms with Gasteiger partial charge in [-0.1, -0.05) is 6.92 Å². The number of fused-ring (bicyclic) bond motifs is 1. The topological polar surface area (TPSA) is 71.8 Å². The summed E-state index contributed by atoms with van der Waals surface area (Å²) in [4.78, 5) is 17.1. The molecule has 0 aromatic carbocycles. The van der Waals surface area contributed by atoms with Crippen molar-refractivity contribution in [3.8, 4) is 0 Å². The van der Waals surface area contributed by atoms with E-state index in [4.69, 9.17) is 0 Å². The van der Waals surface area contributed by atoms with E-state index in [2.05, 4.69) is 11.9 Å². The van der Waals surface area contributed by atoms with Crippen LogP contribution in [0.2, 0.25) is 0 Å². The van der Waals surface area contributed by atoms with E-state index in [0.717, 1.165) is 12.8 Å². The van der Waals surface area contributed by atoms with Crippen LogP contribution in [0.1, 0.15) is 25.5 Å². The van der Waals surface area contributed by atoms with Crippen molar-refractivity contribution < 1.29 is 8.42 Å². The molecule has 2 aromatic heterocycles. The molecule has 1 aliphatic rings. The highest BCUT2D eigenvalue weighted by molar-refractivity contribution is 7.89. The Bertz CT molecular complexity index is 830. The highest BCUT2D eigenvalue weighted by atomic mass is 32.2. The lowest BCUT2D eigenvalue weighted by Gasteiger charge is -2.29. The number of piperidine rings is 1. The van der Waals surface area contributed by atoms with E-state index in [0.29, 0.717) is 24.0 Å². The molecule has 0 amide bonds. The van der Waals surface area contributed by atoms with Gasteiger partial charge in [-0.2, -0.15) is 4.31 Å². The van der Waals surface area contributed by atoms with E-state index in [1.54, 1.807) is 18.5 Å². The smallest absolute Gasteiger partial charge is 0.267 e. The highest BCUT2D eigenvalue weighted by Gasteiger charge is 2.32. The zero-order valence-corrected chi connectivity index (χ0v) is 13.6. The summed E-state index contributed by atoms with van der Waals surface area (Å²) >= 11 is 1.31. The summed E-state index contributed by atoms with van der Waals surface area (Å²) in [6.45, 7) is 4.63. The number of thiazole rings is 1. The number of aryl methyl sites for hydroxylation is 1. The second-order valence-electron chi connectivity index (χ2n) is 5.47. The van der Waals surface area contributed by atoms with Crippen molar-refractivity contribution in [1.29, 1.82) is 0 Å². The van der Waals surface area contributed by atoms with Crippen LogP contribution in [0.25, 0.3) is 4.96 Å². The molecule has 114 valence electrons. The number of rotatable bonds is 2. The van der Waals surface area contributed by atoms with Crippen molar-refractivity contribution in [3.63, 3.8) is 0 Å². The quantitative estimate of drug-likeness (QED) is 0.838. The van der Waals surface area contributed by atoms with Crippen molar-refractivity contribution in [2.75, 3.05) is 13.1 Å². The molecule has 0 radical (unpaired) electrons. The van der Waals surface area contributed by atoms with Gasteiger partial charge in [0.2, 0.25) is 10.0 Å². The molecular formula is C13H17N3O3S2. The molecule has 1 aliphatic heterocycles. The molecule has 3 rings (SSSR count). The van der Waals surface area contributed by atoms with Crippen LogP contribution in [0, 0.1) is 12.8 Å². The number of hydrogen-bond donors (Lipinski definition) is 0. The minimum atomic E-state index is -3.77. The van der Waals surface area contributed by atoms with E-state index >= 15 is 0 Å². The lowest BCUT2D eigenvalue weighted by atomic mass is 10.0. The zero-order chi connectivity index (χ0) is 15.2. The minimum absolute atomic E-state index is 0.187. The van der Waals surface area contributed by atoms with Gasteiger partial charge >= 0.3 is 0 Å². The van der Waals surface area contributed by atoms with Gasteiger partial charge in [0.1, 0.15) is 0 Å². The van der Waals surface area contributed by atoms with Gasteiger partial charge in [-0.3, -0.25) is 9.20 Å². The van der Waals surface area contributed by atoms with E-state index in [-0.39, 0.29) is 10.6 Å². The van der Waals surface area contributed by atoms with Crippen LogP contribution in [0.3, 0.4) is 0 Å². The summed E-state index contributed by atoms with van der Waals surface area (Å²) < 4.78 is 28.3. The van der Waals surface area contributed by atoms with Crippen LogP contribution in [0.15, 0.2) is 21.3 Å². The van der Waals surface area contributed by atoms with Gasteiger partial charge in [-0.05, 0) is 25.7 Å². The van der Waals surface area contributed by atoms with Gasteiger partial charge < -0.3 is 0 Å². The molecule has 0 unspecified atom stereocenters. The maximum absolute atomic E-state index is 12.8. The standard InChI is InChI=1S/C13H17N3O3S2/c1-9-3-5-15(6-4-9)21(18,19)11-10(2)14-13-16(12(11)17)7-8-20-13/h7-9H,3-6H2,1-2H3. The fourth-order valence-corrected chi connectivity index (χ4v) is 5.06. The van der Waals surface area contributed by atoms with Crippen molar-refractivity contribution in [3.05, 3.63) is 27.6 Å². The summed E-state index contributed by atoms with van der Waals surface area (Å²) in [6.07, 6.45) is 3.22. The Kier molecular flexibility index (Phi) is 3.62. The largest absolute Gasteiger partial charge is 0.279 e. The average Bonchev–Trinajstić information content (AvgIpc) is 2.87. The lowest BCUT2D eigenvalue weighted by molar-refractivity contribution is 0.287. The Hall–Kier alpha value is -1.25. The second kappa shape index (κ2) is 5.19. The van der Waals surface area contributed by atoms with Gasteiger partial charge in [-0.15, -0.1) is 11.3 Å². The molecule has 0 aliphatic carbocycles. The Labute approximate surface area is 127 Å². The molecule has 0 spiro atoms. The molecule has 6 nitrogen and oxygen atoms in total. The summed E-state index contributed by atoms with van der Waals surface area (Å²) in [5.74, 6) is 0.524. The Morgan fingerprint density at radius 1 is 1.33 bits per heavy atom. The first-order valence-electron chi connectivity index (χ1n) is 6.88. The molecule has 1 saturated heterocycles. The fourth-order valence-electron chi connectivity index (χ4n) is 2.62. The van der Waals surface area contributed by atoms with Crippen molar-refractivity contribution in [2.24, 2.45) is 5.92 Å². The molecule has 1 fully saturated rings. The van der Waals surface area contributed by atoms with Crippen molar-refractivity contribution >= 4 is 26.3 Å². The third-order valence-electron chi connectivity index (χ3n) is 3.93. The number of sulfonamides is 1. The molecule has 0 atom stereocenters. The first kappa shape index (κ1) is 14.7. The average molecular weight is 327 g/mol. The SMILES string of the molecule is Cc1nc2sccn2c(=O)c1S(=O)(=O)N1CCC(C)CC1. The summed E-state index contributed by atoms with van der Waals surface area (Å²) in [6, 6.07) is 0. The van der Waals surface area contributed by atoms with Gasteiger partial charge in [0.25, 0.3) is 5.56 Å². The van der Waals surface area contributed by atoms with E-state index in [1.807, 2.05) is 0 Å². The number of aromatic nitrogens is 2. The monoisotopic (exact) mass is 327 g/mol. The highest BCUT2D eigenvalue weighted by Crippen LogP contribution is 2.23. The zero-order valence-electron chi connectivity index (χ0n) is 11.9. The number of hydrogen-bond acceptors (Lipinski definition) is 5. The van der Waals surface area contributed by atoms with E-state index in [9.17, 15) is 13.2 Å². The van der Waals surface area contributed by atoms with Crippen molar-refractivity contribution in [1.82, 2.24) is 13.7 Å². The molecule has 21 heavy (non-hydrogen) atoms. The first-order chi connectivity index (χ1) is 9.91. The maximum atomic E-state index is 12.8. The van der Waals surface area contributed by atoms with Crippen LogP contribution in [0.4, 0.5) is 0 Å². The van der Waals surface area contributed by atoms with Crippen LogP contribution >= 0.6 is 11.3 Å². The molecule has 3 heterocycles. The maximum Gasteiger partial charge on any atom is 0.279 e. The molecule has 0 bridgehead atoms. The van der Waals surface area contributed by atoms with E-state index in [1.165, 1.54) is 20.0 Å². The van der Waals surface area contributed by atoms with Crippen molar-refractivity contribution in [2.45, 2.75) is 31.6 Å². The third-order valence-corrected chi connectivity index (χ3v) is 6.72. The molecule has 8 heteroatoms. The minimum Gasteiger partial charge on any atom is -0.267 e. The van der Waals surface area contributed by atoms with Crippen LogP contribution in [0.5, 0.6) is 0 Å². The first-order valence-corrected chi connectivity index (χ1v) is 9.20. The van der Waals surface area contributed by atoms with Crippen LogP contribution in [-0.2, 0) is 10.0 Å². The molecule has 0 N–H and O–H groups in total. The Balaban J connectivity index is 2.13. The normalized spacial score (nSPS) is 18.4. The summed E-state index contributed by atoms with van der Waals surface area (Å²) in [7, 11) is -3.77. The molecular weight excluding hydrogens is 310 g/mol. The Morgan fingerprint density at radius 3 is 2.67 bits per heavy atom. The summed E-state index contributed by atoms with van der Waals surface area (Å²) in [5, 5.41) is 1.72. The number of nitrogens with zero attached hydrogens (tertiary/aromatic N) is 3. The predicted molar refractivity (Wildman–Crippen MR) is 81.2 cm³/mol. The predicted octanol–water partition coefficient (Wildman–Crippen LogP) is 1.49. The van der Waals surface area contributed by atoms with Gasteiger partial charge in [0.15, 0.2) is 9.86 Å². The van der Waals surface area contributed by atoms with Gasteiger partial charge in [0, 0.05) is 24.7 Å². The summed E-state index contributed by atoms with van der Waals surface area (Å²) in [5.41, 5.74) is -0.224. The fraction of sp³-hybridized carbons (Fsp3) is 0.538. The molecule has 0 saturated carbocycles. The second-order valence-corrected chi connectivity index (χ2v) is 8.22. The van der Waals surface area contributed by atoms with Gasteiger partial charge in [-0.25, -0.2) is 13.4 Å². The van der Waals surface area contributed by atoms with E-state index < -0.39 is 15.6 Å².